The lowest BCUT2D eigenvalue weighted by molar-refractivity contribution is -0.175. The third-order valence-electron chi connectivity index (χ3n) is 6.45. The van der Waals surface area contributed by atoms with Crippen LogP contribution in [-0.4, -0.2) is 68.3 Å². The van der Waals surface area contributed by atoms with Crippen LogP contribution in [0.2, 0.25) is 0 Å². The third-order valence-corrected chi connectivity index (χ3v) is 6.45. The summed E-state index contributed by atoms with van der Waals surface area (Å²) in [4.78, 5) is 18.2. The minimum Gasteiger partial charge on any atom is -0.459 e. The van der Waals surface area contributed by atoms with Crippen LogP contribution in [0.25, 0.3) is 0 Å². The Labute approximate surface area is 193 Å². The molecule has 174 valence electrons. The molecule has 0 spiro atoms. The smallest absolute Gasteiger partial charge is 0.347 e. The molecule has 1 aliphatic rings. The number of ether oxygens (including phenoxy) is 1. The lowest BCUT2D eigenvalue weighted by Crippen LogP contribution is -2.46. The predicted octanol–water partition coefficient (Wildman–Crippen LogP) is 3.76. The molecule has 3 atom stereocenters. The lowest BCUT2D eigenvalue weighted by atomic mass is 9.85. The molecular weight excluding hydrogens is 400 g/mol. The molecule has 0 aromatic heterocycles. The van der Waals surface area contributed by atoms with Gasteiger partial charge in [0.25, 0.3) is 0 Å². The van der Waals surface area contributed by atoms with Crippen molar-refractivity contribution in [2.75, 3.05) is 41.3 Å². The minimum atomic E-state index is -1.85. The van der Waals surface area contributed by atoms with E-state index < -0.39 is 11.6 Å². The number of carbonyl (C=O) groups excluding carboxylic acids is 1. The first-order valence-corrected chi connectivity index (χ1v) is 11.7. The highest BCUT2D eigenvalue weighted by Crippen LogP contribution is 2.36. The number of nitrogens with zero attached hydrogens (tertiary/aromatic N) is 2. The maximum atomic E-state index is 13.8. The van der Waals surface area contributed by atoms with E-state index in [-0.39, 0.29) is 17.9 Å². The van der Waals surface area contributed by atoms with Crippen LogP contribution in [0.1, 0.15) is 36.8 Å². The van der Waals surface area contributed by atoms with Gasteiger partial charge < -0.3 is 19.6 Å². The zero-order valence-corrected chi connectivity index (χ0v) is 19.9. The monoisotopic (exact) mass is 438 g/mol. The SMILES string of the molecule is CN(C)C[C@H]1CCCC[C@@H](CN(C)C)C1OC(=O)C(O)(c1ccccc1)c1ccccc1. The van der Waals surface area contributed by atoms with E-state index in [9.17, 15) is 9.90 Å². The Kier molecular flexibility index (Phi) is 8.46. The summed E-state index contributed by atoms with van der Waals surface area (Å²) in [5, 5.41) is 11.9. The summed E-state index contributed by atoms with van der Waals surface area (Å²) >= 11 is 0. The van der Waals surface area contributed by atoms with Gasteiger partial charge in [0.15, 0.2) is 0 Å². The minimum absolute atomic E-state index is 0.234. The van der Waals surface area contributed by atoms with Crippen LogP contribution in [0.5, 0.6) is 0 Å². The largest absolute Gasteiger partial charge is 0.459 e. The highest BCUT2D eigenvalue weighted by molar-refractivity contribution is 5.85. The molecule has 0 heterocycles. The average Bonchev–Trinajstić information content (AvgIpc) is 2.95. The molecule has 1 N–H and O–H groups in total. The van der Waals surface area contributed by atoms with Crippen molar-refractivity contribution < 1.29 is 14.6 Å². The second-order valence-corrected chi connectivity index (χ2v) is 9.64. The molecule has 1 saturated carbocycles. The number of aliphatic hydroxyl groups is 1. The van der Waals surface area contributed by atoms with Crippen LogP contribution in [0.4, 0.5) is 0 Å². The summed E-state index contributed by atoms with van der Waals surface area (Å²) in [5.41, 5.74) is -0.795. The van der Waals surface area contributed by atoms with Crippen molar-refractivity contribution >= 4 is 5.97 Å². The second kappa shape index (κ2) is 11.1. The topological polar surface area (TPSA) is 53.0 Å². The van der Waals surface area contributed by atoms with E-state index in [1.54, 1.807) is 24.3 Å². The Morgan fingerprint density at radius 1 is 0.844 bits per heavy atom. The standard InChI is InChI=1S/C27H38N2O3/c1-28(2)19-21-13-11-12-14-22(20-29(3)4)25(21)32-26(30)27(31,23-15-7-5-8-16-23)24-17-9-6-10-18-24/h5-10,15-18,21-22,25,31H,11-14,19-20H2,1-4H3/t21-,22+,25?. The van der Waals surface area contributed by atoms with E-state index in [2.05, 4.69) is 38.0 Å². The van der Waals surface area contributed by atoms with Gasteiger partial charge in [-0.2, -0.15) is 0 Å². The van der Waals surface area contributed by atoms with Crippen molar-refractivity contribution in [2.45, 2.75) is 37.4 Å². The maximum Gasteiger partial charge on any atom is 0.347 e. The average molecular weight is 439 g/mol. The number of hydrogen-bond acceptors (Lipinski definition) is 5. The number of benzene rings is 2. The number of esters is 1. The fourth-order valence-corrected chi connectivity index (χ4v) is 5.02. The number of carbonyl (C=O) groups is 1. The molecule has 1 fully saturated rings. The van der Waals surface area contributed by atoms with Crippen LogP contribution in [0, 0.1) is 11.8 Å². The molecule has 0 amide bonds. The molecule has 0 bridgehead atoms. The quantitative estimate of drug-likeness (QED) is 0.502. The summed E-state index contributed by atoms with van der Waals surface area (Å²) in [7, 11) is 8.26. The van der Waals surface area contributed by atoms with Gasteiger partial charge in [-0.3, -0.25) is 0 Å². The number of hydrogen-bond donors (Lipinski definition) is 1. The van der Waals surface area contributed by atoms with Gasteiger partial charge in [0.05, 0.1) is 0 Å². The summed E-state index contributed by atoms with van der Waals surface area (Å²) in [6.07, 6.45) is 4.08. The van der Waals surface area contributed by atoms with E-state index >= 15 is 0 Å². The highest BCUT2D eigenvalue weighted by Gasteiger charge is 2.45. The fraction of sp³-hybridized carbons (Fsp3) is 0.519. The number of rotatable bonds is 8. The first-order chi connectivity index (χ1) is 15.3. The second-order valence-electron chi connectivity index (χ2n) is 9.64. The van der Waals surface area contributed by atoms with Crippen molar-refractivity contribution in [1.82, 2.24) is 9.80 Å². The molecule has 2 aromatic carbocycles. The first-order valence-electron chi connectivity index (χ1n) is 11.7. The van der Waals surface area contributed by atoms with Gasteiger partial charge in [-0.05, 0) is 52.2 Å². The van der Waals surface area contributed by atoms with Crippen molar-refractivity contribution in [3.8, 4) is 0 Å². The van der Waals surface area contributed by atoms with Gasteiger partial charge in [-0.25, -0.2) is 4.79 Å². The molecule has 5 nitrogen and oxygen atoms in total. The van der Waals surface area contributed by atoms with Gasteiger partial charge in [-0.15, -0.1) is 0 Å². The Hall–Kier alpha value is -2.21. The molecule has 0 radical (unpaired) electrons. The highest BCUT2D eigenvalue weighted by atomic mass is 16.6. The maximum absolute atomic E-state index is 13.8. The van der Waals surface area contributed by atoms with Crippen molar-refractivity contribution in [3.63, 3.8) is 0 Å². The van der Waals surface area contributed by atoms with Crippen molar-refractivity contribution in [2.24, 2.45) is 11.8 Å². The van der Waals surface area contributed by atoms with E-state index in [0.717, 1.165) is 38.8 Å². The molecule has 0 saturated heterocycles. The Morgan fingerprint density at radius 3 is 1.62 bits per heavy atom. The molecule has 2 aromatic rings. The molecule has 32 heavy (non-hydrogen) atoms. The van der Waals surface area contributed by atoms with Gasteiger partial charge in [0.2, 0.25) is 5.60 Å². The zero-order valence-electron chi connectivity index (χ0n) is 19.9. The Morgan fingerprint density at radius 2 is 1.25 bits per heavy atom. The van der Waals surface area contributed by atoms with Crippen LogP contribution in [0.3, 0.4) is 0 Å². The summed E-state index contributed by atoms with van der Waals surface area (Å²) in [6.45, 7) is 1.72. The molecule has 3 rings (SSSR count). The predicted molar refractivity (Wildman–Crippen MR) is 128 cm³/mol. The van der Waals surface area contributed by atoms with Crippen LogP contribution >= 0.6 is 0 Å². The van der Waals surface area contributed by atoms with E-state index in [1.807, 2.05) is 36.4 Å². The molecular formula is C27H38N2O3. The van der Waals surface area contributed by atoms with E-state index in [0.29, 0.717) is 11.1 Å². The lowest BCUT2D eigenvalue weighted by Gasteiger charge is -2.37. The summed E-state index contributed by atoms with van der Waals surface area (Å²) in [6, 6.07) is 18.3. The van der Waals surface area contributed by atoms with E-state index in [1.165, 1.54) is 0 Å². The Bertz CT molecular complexity index is 779. The third kappa shape index (κ3) is 5.77. The molecule has 5 heteroatoms. The van der Waals surface area contributed by atoms with Gasteiger partial charge >= 0.3 is 5.97 Å². The Balaban J connectivity index is 1.98. The van der Waals surface area contributed by atoms with Crippen molar-refractivity contribution in [1.29, 1.82) is 0 Å². The molecule has 1 aliphatic carbocycles. The van der Waals surface area contributed by atoms with Crippen molar-refractivity contribution in [3.05, 3.63) is 71.8 Å². The van der Waals surface area contributed by atoms with E-state index in [4.69, 9.17) is 4.74 Å². The van der Waals surface area contributed by atoms with Crippen LogP contribution < -0.4 is 0 Å². The van der Waals surface area contributed by atoms with Crippen LogP contribution in [-0.2, 0) is 15.1 Å². The first kappa shape index (κ1) is 24.4. The van der Waals surface area contributed by atoms with Gasteiger partial charge in [0.1, 0.15) is 6.10 Å². The van der Waals surface area contributed by atoms with Gasteiger partial charge in [-0.1, -0.05) is 73.5 Å². The summed E-state index contributed by atoms with van der Waals surface area (Å²) in [5.74, 6) is -0.122. The summed E-state index contributed by atoms with van der Waals surface area (Å²) < 4.78 is 6.33. The van der Waals surface area contributed by atoms with Crippen LogP contribution in [0.15, 0.2) is 60.7 Å². The fourth-order valence-electron chi connectivity index (χ4n) is 5.02. The zero-order chi connectivity index (χ0) is 23.1. The van der Waals surface area contributed by atoms with Gasteiger partial charge in [0, 0.05) is 24.9 Å². The molecule has 1 unspecified atom stereocenters. The normalized spacial score (nSPS) is 22.0. The molecule has 0 aliphatic heterocycles.